The van der Waals surface area contributed by atoms with Gasteiger partial charge in [0.15, 0.2) is 0 Å². The molecule has 4 N–H and O–H groups in total. The average molecular weight is 533 g/mol. The molecular weight excluding hydrogens is 488 g/mol. The van der Waals surface area contributed by atoms with Crippen molar-refractivity contribution < 1.29 is 28.7 Å². The molecule has 0 aromatic carbocycles. The topological polar surface area (TPSA) is 148 Å². The monoisotopic (exact) mass is 532 g/mol. The molecule has 3 saturated carbocycles. The minimum absolute atomic E-state index is 0.0118. The molecule has 4 fully saturated rings. The first-order chi connectivity index (χ1) is 18.3. The highest BCUT2D eigenvalue weighted by Crippen LogP contribution is 2.32. The largest absolute Gasteiger partial charge is 0.446 e. The van der Waals surface area contributed by atoms with Crippen molar-refractivity contribution in [1.82, 2.24) is 15.5 Å². The quantitative estimate of drug-likeness (QED) is 0.369. The molecule has 4 aliphatic rings. The van der Waals surface area contributed by atoms with Gasteiger partial charge in [-0.25, -0.2) is 4.79 Å². The summed E-state index contributed by atoms with van der Waals surface area (Å²) >= 11 is 0. The number of amides is 4. The van der Waals surface area contributed by atoms with Gasteiger partial charge >= 0.3 is 6.09 Å². The number of carbonyl (C=O) groups is 5. The van der Waals surface area contributed by atoms with Crippen molar-refractivity contribution in [3.8, 4) is 0 Å². The molecular formula is C28H44N4O6. The number of nitrogens with two attached hydrogens (primary N) is 1. The maximum absolute atomic E-state index is 13.9. The zero-order chi connectivity index (χ0) is 27.1. The molecule has 212 valence electrons. The lowest BCUT2D eigenvalue weighted by Crippen LogP contribution is -2.58. The molecule has 38 heavy (non-hydrogen) atoms. The normalized spacial score (nSPS) is 24.6. The maximum atomic E-state index is 13.9. The fourth-order valence-electron chi connectivity index (χ4n) is 6.56. The Morgan fingerprint density at radius 2 is 1.45 bits per heavy atom. The van der Waals surface area contributed by atoms with Gasteiger partial charge < -0.3 is 26.0 Å². The van der Waals surface area contributed by atoms with E-state index in [0.29, 0.717) is 25.8 Å². The molecule has 10 nitrogen and oxygen atoms in total. The van der Waals surface area contributed by atoms with Gasteiger partial charge in [-0.1, -0.05) is 44.9 Å². The first-order valence-electron chi connectivity index (χ1n) is 14.7. The Hall–Kier alpha value is -2.65. The van der Waals surface area contributed by atoms with Crippen LogP contribution in [-0.2, 0) is 23.9 Å². The molecule has 4 rings (SSSR count). The Kier molecular flexibility index (Phi) is 10.0. The van der Waals surface area contributed by atoms with Gasteiger partial charge in [0, 0.05) is 6.54 Å². The third-order valence-electron chi connectivity index (χ3n) is 8.99. The lowest BCUT2D eigenvalue weighted by molar-refractivity contribution is -0.143. The Bertz CT molecular complexity index is 879. The third-order valence-corrected chi connectivity index (χ3v) is 8.99. The van der Waals surface area contributed by atoms with Crippen LogP contribution in [-0.4, -0.2) is 65.3 Å². The van der Waals surface area contributed by atoms with E-state index in [1.54, 1.807) is 4.90 Å². The molecule has 0 radical (unpaired) electrons. The van der Waals surface area contributed by atoms with Gasteiger partial charge in [-0.05, 0) is 69.6 Å². The van der Waals surface area contributed by atoms with Crippen molar-refractivity contribution >= 4 is 29.6 Å². The standard InChI is InChI=1S/C28H44N4O6/c29-25(34)24(33)21(17-18-9-7-10-18)30-26(35)22-15-8-16-32(22)27(36)23(19-11-3-1-4-12-19)31-28(37)38-20-13-5-2-6-14-20/h18-23H,1-17H2,(H2,29,34)(H,30,35)(H,31,37)/t21?,22-,23-/m0/s1. The van der Waals surface area contributed by atoms with Crippen molar-refractivity contribution in [3.05, 3.63) is 0 Å². The van der Waals surface area contributed by atoms with Gasteiger partial charge in [0.05, 0.1) is 6.04 Å². The summed E-state index contributed by atoms with van der Waals surface area (Å²) in [6.07, 6.45) is 13.5. The fraction of sp³-hybridized carbons (Fsp3) is 0.821. The van der Waals surface area contributed by atoms with E-state index >= 15 is 0 Å². The van der Waals surface area contributed by atoms with Gasteiger partial charge in [0.1, 0.15) is 18.2 Å². The lowest BCUT2D eigenvalue weighted by Gasteiger charge is -2.35. The molecule has 0 spiro atoms. The number of nitrogens with one attached hydrogen (secondary N) is 2. The highest BCUT2D eigenvalue weighted by atomic mass is 16.6. The number of alkyl carbamates (subject to hydrolysis) is 1. The second kappa shape index (κ2) is 13.4. The molecule has 0 bridgehead atoms. The Balaban J connectivity index is 1.43. The highest BCUT2D eigenvalue weighted by molar-refractivity contribution is 6.37. The summed E-state index contributed by atoms with van der Waals surface area (Å²) in [6, 6.07) is -2.48. The second-order valence-electron chi connectivity index (χ2n) is 11.7. The van der Waals surface area contributed by atoms with Crippen LogP contribution >= 0.6 is 0 Å². The van der Waals surface area contributed by atoms with E-state index in [2.05, 4.69) is 10.6 Å². The highest BCUT2D eigenvalue weighted by Gasteiger charge is 2.42. The molecule has 1 unspecified atom stereocenters. The summed E-state index contributed by atoms with van der Waals surface area (Å²) < 4.78 is 5.67. The number of hydrogen-bond donors (Lipinski definition) is 3. The van der Waals surface area contributed by atoms with Crippen LogP contribution in [0.2, 0.25) is 0 Å². The fourth-order valence-corrected chi connectivity index (χ4v) is 6.56. The smallest absolute Gasteiger partial charge is 0.408 e. The van der Waals surface area contributed by atoms with E-state index in [1.807, 2.05) is 0 Å². The molecule has 0 aromatic rings. The van der Waals surface area contributed by atoms with Crippen molar-refractivity contribution in [2.75, 3.05) is 6.54 Å². The number of ether oxygens (including phenoxy) is 1. The number of likely N-dealkylation sites (tertiary alicyclic amines) is 1. The van der Waals surface area contributed by atoms with E-state index in [9.17, 15) is 24.0 Å². The molecule has 0 aromatic heterocycles. The molecule has 1 saturated heterocycles. The Morgan fingerprint density at radius 3 is 2.05 bits per heavy atom. The number of rotatable bonds is 10. The predicted molar refractivity (Wildman–Crippen MR) is 140 cm³/mol. The average Bonchev–Trinajstić information content (AvgIpc) is 3.39. The molecule has 3 atom stereocenters. The van der Waals surface area contributed by atoms with Crippen LogP contribution in [0.3, 0.4) is 0 Å². The first-order valence-corrected chi connectivity index (χ1v) is 14.7. The number of ketones is 1. The summed E-state index contributed by atoms with van der Waals surface area (Å²) in [5, 5.41) is 5.63. The lowest BCUT2D eigenvalue weighted by atomic mass is 9.80. The minimum atomic E-state index is -1.06. The number of primary amides is 1. The Labute approximate surface area is 225 Å². The number of hydrogen-bond acceptors (Lipinski definition) is 6. The minimum Gasteiger partial charge on any atom is -0.446 e. The summed E-state index contributed by atoms with van der Waals surface area (Å²) in [7, 11) is 0. The van der Waals surface area contributed by atoms with Crippen LogP contribution in [0.5, 0.6) is 0 Å². The third kappa shape index (κ3) is 7.26. The van der Waals surface area contributed by atoms with Crippen LogP contribution in [0, 0.1) is 11.8 Å². The van der Waals surface area contributed by atoms with Crippen LogP contribution in [0.25, 0.3) is 0 Å². The van der Waals surface area contributed by atoms with Crippen molar-refractivity contribution in [2.24, 2.45) is 17.6 Å². The SMILES string of the molecule is NC(=O)C(=O)C(CC1CCC1)NC(=O)[C@@H]1CCCN1C(=O)[C@@H](NC(=O)OC1CCCCC1)C1CCCCC1. The van der Waals surface area contributed by atoms with E-state index < -0.39 is 41.8 Å². The number of Topliss-reactive ketones (excluding diaryl/α,β-unsaturated/α-hetero) is 1. The molecule has 1 aliphatic heterocycles. The zero-order valence-electron chi connectivity index (χ0n) is 22.5. The van der Waals surface area contributed by atoms with Gasteiger partial charge in [-0.2, -0.15) is 0 Å². The second-order valence-corrected chi connectivity index (χ2v) is 11.7. The summed E-state index contributed by atoms with van der Waals surface area (Å²) in [6.45, 7) is 0.399. The zero-order valence-corrected chi connectivity index (χ0v) is 22.5. The number of nitrogens with zero attached hydrogens (tertiary/aromatic N) is 1. The maximum Gasteiger partial charge on any atom is 0.408 e. The van der Waals surface area contributed by atoms with E-state index in [0.717, 1.165) is 83.5 Å². The first kappa shape index (κ1) is 28.4. The van der Waals surface area contributed by atoms with Gasteiger partial charge in [0.2, 0.25) is 17.6 Å². The van der Waals surface area contributed by atoms with Gasteiger partial charge in [-0.15, -0.1) is 0 Å². The summed E-state index contributed by atoms with van der Waals surface area (Å²) in [5.74, 6) is -2.31. The van der Waals surface area contributed by atoms with Crippen LogP contribution in [0.15, 0.2) is 0 Å². The summed E-state index contributed by atoms with van der Waals surface area (Å²) in [4.78, 5) is 65.7. The van der Waals surface area contributed by atoms with E-state index in [-0.39, 0.29) is 23.8 Å². The van der Waals surface area contributed by atoms with Crippen molar-refractivity contribution in [2.45, 2.75) is 127 Å². The van der Waals surface area contributed by atoms with Gasteiger partial charge in [0.25, 0.3) is 5.91 Å². The van der Waals surface area contributed by atoms with Crippen LogP contribution in [0.4, 0.5) is 4.79 Å². The molecule has 1 heterocycles. The number of carbonyl (C=O) groups excluding carboxylic acids is 5. The van der Waals surface area contributed by atoms with Gasteiger partial charge in [-0.3, -0.25) is 19.2 Å². The molecule has 10 heteroatoms. The van der Waals surface area contributed by atoms with Crippen molar-refractivity contribution in [1.29, 1.82) is 0 Å². The Morgan fingerprint density at radius 1 is 0.789 bits per heavy atom. The van der Waals surface area contributed by atoms with Crippen LogP contribution in [0.1, 0.15) is 103 Å². The molecule has 4 amide bonds. The summed E-state index contributed by atoms with van der Waals surface area (Å²) in [5.41, 5.74) is 5.26. The van der Waals surface area contributed by atoms with E-state index in [1.165, 1.54) is 0 Å². The molecule has 3 aliphatic carbocycles. The van der Waals surface area contributed by atoms with E-state index in [4.69, 9.17) is 10.5 Å². The van der Waals surface area contributed by atoms with Crippen molar-refractivity contribution in [3.63, 3.8) is 0 Å². The van der Waals surface area contributed by atoms with Crippen LogP contribution < -0.4 is 16.4 Å². The predicted octanol–water partition coefficient (Wildman–Crippen LogP) is 2.71.